The molecule has 4 heteroatoms. The molecule has 1 aliphatic heterocycles. The van der Waals surface area contributed by atoms with Crippen LogP contribution < -0.4 is 5.73 Å². The van der Waals surface area contributed by atoms with E-state index in [2.05, 4.69) is 18.7 Å². The van der Waals surface area contributed by atoms with Crippen LogP contribution in [0.1, 0.15) is 13.8 Å². The van der Waals surface area contributed by atoms with Crippen molar-refractivity contribution in [3.8, 4) is 0 Å². The summed E-state index contributed by atoms with van der Waals surface area (Å²) in [5.41, 5.74) is 5.63. The van der Waals surface area contributed by atoms with Crippen molar-refractivity contribution < 1.29 is 9.84 Å². The molecule has 0 amide bonds. The monoisotopic (exact) mass is 188 g/mol. The minimum Gasteiger partial charge on any atom is -0.389 e. The van der Waals surface area contributed by atoms with Crippen LogP contribution in [0.3, 0.4) is 0 Å². The molecule has 1 unspecified atom stereocenters. The van der Waals surface area contributed by atoms with Crippen molar-refractivity contribution in [1.29, 1.82) is 0 Å². The summed E-state index contributed by atoms with van der Waals surface area (Å²) in [6, 6.07) is -0.208. The van der Waals surface area contributed by atoms with Crippen LogP contribution in [0.5, 0.6) is 0 Å². The summed E-state index contributed by atoms with van der Waals surface area (Å²) in [4.78, 5) is 2.23. The Labute approximate surface area is 79.7 Å². The lowest BCUT2D eigenvalue weighted by Crippen LogP contribution is -2.42. The van der Waals surface area contributed by atoms with Crippen LogP contribution in [0, 0.1) is 0 Å². The summed E-state index contributed by atoms with van der Waals surface area (Å²) < 4.78 is 5.39. The van der Waals surface area contributed by atoms with Gasteiger partial charge in [-0.05, 0) is 13.1 Å². The van der Waals surface area contributed by atoms with Crippen molar-refractivity contribution in [2.45, 2.75) is 32.1 Å². The molecule has 1 saturated heterocycles. The van der Waals surface area contributed by atoms with E-state index in [1.165, 1.54) is 0 Å². The highest BCUT2D eigenvalue weighted by molar-refractivity contribution is 4.87. The fourth-order valence-corrected chi connectivity index (χ4v) is 1.60. The molecule has 4 nitrogen and oxygen atoms in total. The third-order valence-corrected chi connectivity index (χ3v) is 2.65. The first-order valence-corrected chi connectivity index (χ1v) is 4.96. The van der Waals surface area contributed by atoms with Gasteiger partial charge in [0.2, 0.25) is 0 Å². The Balaban J connectivity index is 2.36. The minimum absolute atomic E-state index is 0.102. The lowest BCUT2D eigenvalue weighted by Gasteiger charge is -2.23. The second kappa shape index (κ2) is 4.91. The van der Waals surface area contributed by atoms with Crippen LogP contribution in [0.2, 0.25) is 0 Å². The molecule has 0 saturated carbocycles. The molecule has 78 valence electrons. The second-order valence-electron chi connectivity index (χ2n) is 3.51. The Bertz CT molecular complexity index is 151. The van der Waals surface area contributed by atoms with E-state index in [0.717, 1.165) is 19.6 Å². The first kappa shape index (κ1) is 10.9. The van der Waals surface area contributed by atoms with Gasteiger partial charge in [0.15, 0.2) is 0 Å². The van der Waals surface area contributed by atoms with Gasteiger partial charge < -0.3 is 20.5 Å². The van der Waals surface area contributed by atoms with Gasteiger partial charge in [-0.25, -0.2) is 0 Å². The van der Waals surface area contributed by atoms with Gasteiger partial charge in [0.05, 0.1) is 24.9 Å². The van der Waals surface area contributed by atoms with Crippen LogP contribution in [-0.2, 0) is 4.74 Å². The number of aliphatic hydroxyl groups excluding tert-OH is 1. The highest BCUT2D eigenvalue weighted by Crippen LogP contribution is 2.13. The highest BCUT2D eigenvalue weighted by atomic mass is 16.5. The average molecular weight is 188 g/mol. The van der Waals surface area contributed by atoms with E-state index in [0.29, 0.717) is 6.61 Å². The molecule has 0 aromatic rings. The smallest absolute Gasteiger partial charge is 0.0987 e. The standard InChI is InChI=1S/C9H20N2O2/c1-3-11(4-2)5-8-9(12)7(10)6-13-8/h7-9,12H,3-6,10H2,1-2H3/t7?,8-,9+/m0/s1. The number of likely N-dealkylation sites (N-methyl/N-ethyl adjacent to an activating group) is 1. The summed E-state index contributed by atoms with van der Waals surface area (Å²) in [5.74, 6) is 0. The maximum atomic E-state index is 9.62. The van der Waals surface area contributed by atoms with Gasteiger partial charge in [-0.3, -0.25) is 0 Å². The van der Waals surface area contributed by atoms with Crippen LogP contribution >= 0.6 is 0 Å². The second-order valence-corrected chi connectivity index (χ2v) is 3.51. The maximum Gasteiger partial charge on any atom is 0.0987 e. The third-order valence-electron chi connectivity index (χ3n) is 2.65. The lowest BCUT2D eigenvalue weighted by atomic mass is 10.1. The number of hydrogen-bond acceptors (Lipinski definition) is 4. The van der Waals surface area contributed by atoms with E-state index < -0.39 is 6.10 Å². The number of hydrogen-bond donors (Lipinski definition) is 2. The SMILES string of the molecule is CCN(CC)C[C@@H]1OCC(N)[C@H]1O. The van der Waals surface area contributed by atoms with E-state index in [-0.39, 0.29) is 12.1 Å². The fourth-order valence-electron chi connectivity index (χ4n) is 1.60. The van der Waals surface area contributed by atoms with Crippen molar-refractivity contribution in [1.82, 2.24) is 4.90 Å². The van der Waals surface area contributed by atoms with E-state index >= 15 is 0 Å². The predicted molar refractivity (Wildman–Crippen MR) is 51.5 cm³/mol. The topological polar surface area (TPSA) is 58.7 Å². The molecule has 0 aromatic heterocycles. The van der Waals surface area contributed by atoms with E-state index in [1.54, 1.807) is 0 Å². The van der Waals surface area contributed by atoms with Crippen molar-refractivity contribution >= 4 is 0 Å². The van der Waals surface area contributed by atoms with Gasteiger partial charge >= 0.3 is 0 Å². The zero-order chi connectivity index (χ0) is 9.84. The quantitative estimate of drug-likeness (QED) is 0.619. The van der Waals surface area contributed by atoms with Crippen molar-refractivity contribution in [3.63, 3.8) is 0 Å². The maximum absolute atomic E-state index is 9.62. The molecule has 3 atom stereocenters. The molecular formula is C9H20N2O2. The van der Waals surface area contributed by atoms with Crippen molar-refractivity contribution in [2.24, 2.45) is 5.73 Å². The number of nitrogens with two attached hydrogens (primary N) is 1. The number of rotatable bonds is 4. The van der Waals surface area contributed by atoms with Gasteiger partial charge in [0.1, 0.15) is 0 Å². The Hall–Kier alpha value is -0.160. The van der Waals surface area contributed by atoms with Crippen LogP contribution in [0.15, 0.2) is 0 Å². The Morgan fingerprint density at radius 1 is 1.46 bits per heavy atom. The molecule has 1 heterocycles. The third kappa shape index (κ3) is 2.64. The first-order valence-electron chi connectivity index (χ1n) is 4.96. The van der Waals surface area contributed by atoms with Gasteiger partial charge in [-0.15, -0.1) is 0 Å². The zero-order valence-corrected chi connectivity index (χ0v) is 8.44. The molecule has 0 bridgehead atoms. The lowest BCUT2D eigenvalue weighted by molar-refractivity contribution is 0.0178. The molecule has 1 rings (SSSR count). The minimum atomic E-state index is -0.499. The zero-order valence-electron chi connectivity index (χ0n) is 8.44. The van der Waals surface area contributed by atoms with Crippen molar-refractivity contribution in [2.75, 3.05) is 26.2 Å². The summed E-state index contributed by atoms with van der Waals surface area (Å²) in [7, 11) is 0. The number of nitrogens with zero attached hydrogens (tertiary/aromatic N) is 1. The predicted octanol–water partition coefficient (Wildman–Crippen LogP) is -0.585. The normalized spacial score (nSPS) is 34.4. The summed E-state index contributed by atoms with van der Waals surface area (Å²) in [6.45, 7) is 7.43. The summed E-state index contributed by atoms with van der Waals surface area (Å²) >= 11 is 0. The highest BCUT2D eigenvalue weighted by Gasteiger charge is 2.33. The average Bonchev–Trinajstić information content (AvgIpc) is 2.45. The van der Waals surface area contributed by atoms with Crippen molar-refractivity contribution in [3.05, 3.63) is 0 Å². The van der Waals surface area contributed by atoms with Crippen LogP contribution in [0.4, 0.5) is 0 Å². The van der Waals surface area contributed by atoms with E-state index in [4.69, 9.17) is 10.5 Å². The van der Waals surface area contributed by atoms with E-state index in [1.807, 2.05) is 0 Å². The number of aliphatic hydroxyl groups is 1. The molecule has 1 aliphatic rings. The van der Waals surface area contributed by atoms with E-state index in [9.17, 15) is 5.11 Å². The number of ether oxygens (including phenoxy) is 1. The Morgan fingerprint density at radius 3 is 2.46 bits per heavy atom. The summed E-state index contributed by atoms with van der Waals surface area (Å²) in [5, 5.41) is 9.62. The largest absolute Gasteiger partial charge is 0.389 e. The van der Waals surface area contributed by atoms with Gasteiger partial charge in [0.25, 0.3) is 0 Å². The molecule has 1 fully saturated rings. The fraction of sp³-hybridized carbons (Fsp3) is 1.00. The molecule has 0 aliphatic carbocycles. The Morgan fingerprint density at radius 2 is 2.08 bits per heavy atom. The molecule has 13 heavy (non-hydrogen) atoms. The van der Waals surface area contributed by atoms with Crippen LogP contribution in [0.25, 0.3) is 0 Å². The molecule has 3 N–H and O–H groups in total. The molecule has 0 radical (unpaired) electrons. The molecular weight excluding hydrogens is 168 g/mol. The van der Waals surface area contributed by atoms with Gasteiger partial charge in [-0.2, -0.15) is 0 Å². The molecule has 0 spiro atoms. The Kier molecular flexibility index (Phi) is 4.12. The van der Waals surface area contributed by atoms with Crippen LogP contribution in [-0.4, -0.2) is 54.5 Å². The summed E-state index contributed by atoms with van der Waals surface area (Å²) in [6.07, 6.45) is -0.601. The van der Waals surface area contributed by atoms with Gasteiger partial charge in [-0.1, -0.05) is 13.8 Å². The first-order chi connectivity index (χ1) is 6.19. The van der Waals surface area contributed by atoms with Gasteiger partial charge in [0, 0.05) is 6.54 Å². The molecule has 0 aromatic carbocycles.